The second-order valence-corrected chi connectivity index (χ2v) is 6.22. The molecule has 21 heavy (non-hydrogen) atoms. The number of hydrogen-bond donors (Lipinski definition) is 0. The highest BCUT2D eigenvalue weighted by molar-refractivity contribution is 7.17. The molecule has 2 aromatic carbocycles. The Hall–Kier alpha value is -1.84. The van der Waals surface area contributed by atoms with E-state index in [0.29, 0.717) is 0 Å². The molecule has 0 aliphatic heterocycles. The summed E-state index contributed by atoms with van der Waals surface area (Å²) in [7, 11) is 1.98. The number of nitrogens with zero attached hydrogens (tertiary/aromatic N) is 2. The molecule has 0 aliphatic rings. The van der Waals surface area contributed by atoms with Crippen LogP contribution in [0.15, 0.2) is 59.0 Å². The summed E-state index contributed by atoms with van der Waals surface area (Å²) in [4.78, 5) is 0. The Balaban J connectivity index is 1.73. The van der Waals surface area contributed by atoms with Crippen molar-refractivity contribution in [2.75, 3.05) is 7.05 Å². The van der Waals surface area contributed by atoms with Crippen molar-refractivity contribution in [3.8, 4) is 0 Å². The molecule has 0 unspecified atom stereocenters. The van der Waals surface area contributed by atoms with Gasteiger partial charge in [-0.25, -0.2) is 0 Å². The monoisotopic (exact) mass is 314 g/mol. The van der Waals surface area contributed by atoms with Crippen molar-refractivity contribution < 1.29 is 0 Å². The van der Waals surface area contributed by atoms with Crippen LogP contribution in [-0.4, -0.2) is 18.3 Å². The molecule has 0 N–H and O–H groups in total. The fraction of sp³-hybridized carbons (Fsp3) is 0.118. The van der Waals surface area contributed by atoms with E-state index in [1.165, 1.54) is 15.6 Å². The van der Waals surface area contributed by atoms with Gasteiger partial charge in [0.15, 0.2) is 0 Å². The SMILES string of the molecule is CN(Cc1cccc2ccsc12)N=Cc1ccc(Cl)cc1. The zero-order valence-corrected chi connectivity index (χ0v) is 13.2. The van der Waals surface area contributed by atoms with Crippen LogP contribution >= 0.6 is 22.9 Å². The van der Waals surface area contributed by atoms with Crippen molar-refractivity contribution in [3.05, 3.63) is 70.1 Å². The fourth-order valence-electron chi connectivity index (χ4n) is 2.18. The van der Waals surface area contributed by atoms with E-state index in [0.717, 1.165) is 17.1 Å². The average molecular weight is 315 g/mol. The van der Waals surface area contributed by atoms with E-state index >= 15 is 0 Å². The average Bonchev–Trinajstić information content (AvgIpc) is 2.96. The van der Waals surface area contributed by atoms with Crippen LogP contribution in [0.4, 0.5) is 0 Å². The van der Waals surface area contributed by atoms with Crippen molar-refractivity contribution in [2.24, 2.45) is 5.10 Å². The summed E-state index contributed by atoms with van der Waals surface area (Å²) in [6.45, 7) is 0.794. The van der Waals surface area contributed by atoms with Gasteiger partial charge in [0.1, 0.15) is 0 Å². The Bertz CT molecular complexity index is 762. The second kappa shape index (κ2) is 6.29. The number of halogens is 1. The summed E-state index contributed by atoms with van der Waals surface area (Å²) in [5.41, 5.74) is 2.35. The first-order chi connectivity index (χ1) is 10.2. The molecular formula is C17H15ClN2S. The first-order valence-electron chi connectivity index (χ1n) is 6.68. The third-order valence-electron chi connectivity index (χ3n) is 3.23. The molecule has 0 atom stereocenters. The van der Waals surface area contributed by atoms with Crippen molar-refractivity contribution >= 4 is 39.2 Å². The van der Waals surface area contributed by atoms with Crippen LogP contribution in [0.5, 0.6) is 0 Å². The molecule has 3 aromatic rings. The summed E-state index contributed by atoms with van der Waals surface area (Å²) in [5, 5.41) is 10.6. The number of fused-ring (bicyclic) bond motifs is 1. The highest BCUT2D eigenvalue weighted by atomic mass is 35.5. The highest BCUT2D eigenvalue weighted by Gasteiger charge is 2.03. The van der Waals surface area contributed by atoms with Gasteiger partial charge in [0.25, 0.3) is 0 Å². The summed E-state index contributed by atoms with van der Waals surface area (Å²) >= 11 is 7.65. The third kappa shape index (κ3) is 3.43. The van der Waals surface area contributed by atoms with Gasteiger partial charge >= 0.3 is 0 Å². The number of hydrogen-bond acceptors (Lipinski definition) is 3. The Labute approximate surface area is 133 Å². The van der Waals surface area contributed by atoms with Crippen molar-refractivity contribution in [1.29, 1.82) is 0 Å². The normalized spacial score (nSPS) is 11.3. The molecule has 0 saturated heterocycles. The summed E-state index contributed by atoms with van der Waals surface area (Å²) in [5.74, 6) is 0. The lowest BCUT2D eigenvalue weighted by atomic mass is 10.1. The van der Waals surface area contributed by atoms with Gasteiger partial charge < -0.3 is 0 Å². The predicted molar refractivity (Wildman–Crippen MR) is 92.3 cm³/mol. The van der Waals surface area contributed by atoms with Gasteiger partial charge in [0, 0.05) is 16.8 Å². The summed E-state index contributed by atoms with van der Waals surface area (Å²) in [6, 6.07) is 16.2. The minimum atomic E-state index is 0.741. The van der Waals surface area contributed by atoms with Crippen LogP contribution in [0.3, 0.4) is 0 Å². The lowest BCUT2D eigenvalue weighted by Gasteiger charge is -2.13. The molecule has 0 saturated carbocycles. The zero-order valence-electron chi connectivity index (χ0n) is 11.7. The van der Waals surface area contributed by atoms with Crippen molar-refractivity contribution in [1.82, 2.24) is 5.01 Å². The van der Waals surface area contributed by atoms with Crippen molar-refractivity contribution in [3.63, 3.8) is 0 Å². The molecule has 0 bridgehead atoms. The smallest absolute Gasteiger partial charge is 0.0621 e. The molecule has 4 heteroatoms. The van der Waals surface area contributed by atoms with E-state index in [9.17, 15) is 0 Å². The molecule has 3 rings (SSSR count). The molecule has 2 nitrogen and oxygen atoms in total. The van der Waals surface area contributed by atoms with Gasteiger partial charge in [0.05, 0.1) is 12.8 Å². The van der Waals surface area contributed by atoms with Crippen LogP contribution in [0, 0.1) is 0 Å². The molecular weight excluding hydrogens is 300 g/mol. The Morgan fingerprint density at radius 2 is 1.95 bits per heavy atom. The first-order valence-corrected chi connectivity index (χ1v) is 7.94. The minimum absolute atomic E-state index is 0.741. The fourth-order valence-corrected chi connectivity index (χ4v) is 3.21. The van der Waals surface area contributed by atoms with Crippen LogP contribution in [0.25, 0.3) is 10.1 Å². The van der Waals surface area contributed by atoms with E-state index in [-0.39, 0.29) is 0 Å². The maximum atomic E-state index is 5.87. The lowest BCUT2D eigenvalue weighted by molar-refractivity contribution is 0.350. The summed E-state index contributed by atoms with van der Waals surface area (Å²) < 4.78 is 1.34. The number of rotatable bonds is 4. The third-order valence-corrected chi connectivity index (χ3v) is 4.49. The van der Waals surface area contributed by atoms with Crippen LogP contribution in [0.1, 0.15) is 11.1 Å². The van der Waals surface area contributed by atoms with Gasteiger partial charge in [-0.3, -0.25) is 5.01 Å². The van der Waals surface area contributed by atoms with E-state index in [1.807, 2.05) is 42.5 Å². The Morgan fingerprint density at radius 1 is 1.14 bits per heavy atom. The van der Waals surface area contributed by atoms with Gasteiger partial charge in [-0.05, 0) is 40.1 Å². The Morgan fingerprint density at radius 3 is 2.76 bits per heavy atom. The topological polar surface area (TPSA) is 15.6 Å². The maximum absolute atomic E-state index is 5.87. The molecule has 0 spiro atoms. The molecule has 106 valence electrons. The zero-order chi connectivity index (χ0) is 14.7. The quantitative estimate of drug-likeness (QED) is 0.487. The number of thiophene rings is 1. The number of benzene rings is 2. The molecule has 0 fully saturated rings. The molecule has 1 aromatic heterocycles. The van der Waals surface area contributed by atoms with Gasteiger partial charge in [-0.2, -0.15) is 5.10 Å². The minimum Gasteiger partial charge on any atom is -0.296 e. The second-order valence-electron chi connectivity index (χ2n) is 4.87. The van der Waals surface area contributed by atoms with Gasteiger partial charge in [-0.1, -0.05) is 41.9 Å². The van der Waals surface area contributed by atoms with Gasteiger partial charge in [-0.15, -0.1) is 11.3 Å². The van der Waals surface area contributed by atoms with E-state index in [1.54, 1.807) is 11.3 Å². The molecule has 0 radical (unpaired) electrons. The van der Waals surface area contributed by atoms with Crippen LogP contribution in [-0.2, 0) is 6.54 Å². The standard InChI is InChI=1S/C17H15ClN2S/c1-20(19-11-13-5-7-16(18)8-6-13)12-15-4-2-3-14-9-10-21-17(14)15/h2-11H,12H2,1H3. The van der Waals surface area contributed by atoms with E-state index < -0.39 is 0 Å². The summed E-state index contributed by atoms with van der Waals surface area (Å²) in [6.07, 6.45) is 1.85. The molecule has 0 amide bonds. The van der Waals surface area contributed by atoms with E-state index in [2.05, 4.69) is 34.7 Å². The van der Waals surface area contributed by atoms with Crippen molar-refractivity contribution in [2.45, 2.75) is 6.54 Å². The first kappa shape index (κ1) is 14.1. The Kier molecular flexibility index (Phi) is 4.23. The van der Waals surface area contributed by atoms with Gasteiger partial charge in [0.2, 0.25) is 0 Å². The van der Waals surface area contributed by atoms with Crippen LogP contribution in [0.2, 0.25) is 5.02 Å². The van der Waals surface area contributed by atoms with E-state index in [4.69, 9.17) is 11.6 Å². The molecule has 0 aliphatic carbocycles. The number of hydrazone groups is 1. The highest BCUT2D eigenvalue weighted by Crippen LogP contribution is 2.25. The largest absolute Gasteiger partial charge is 0.296 e. The molecule has 1 heterocycles. The maximum Gasteiger partial charge on any atom is 0.0621 e. The van der Waals surface area contributed by atoms with Crippen LogP contribution < -0.4 is 0 Å². The lowest BCUT2D eigenvalue weighted by Crippen LogP contribution is -2.10. The predicted octanol–water partition coefficient (Wildman–Crippen LogP) is 5.02.